The monoisotopic (exact) mass is 343 g/mol. The summed E-state index contributed by atoms with van der Waals surface area (Å²) in [6.45, 7) is 1.72. The Hall–Kier alpha value is -2.78. The fourth-order valence-electron chi connectivity index (χ4n) is 2.31. The maximum absolute atomic E-state index is 13.2. The summed E-state index contributed by atoms with van der Waals surface area (Å²) in [5, 5.41) is 3.48. The molecule has 0 radical (unpaired) electrons. The molecule has 1 aromatic carbocycles. The number of aryl methyl sites for hydroxylation is 1. The predicted octanol–water partition coefficient (Wildman–Crippen LogP) is 3.66. The number of nitrogens with zero attached hydrogens (tertiary/aromatic N) is 4. The Labute approximate surface area is 131 Å². The van der Waals surface area contributed by atoms with E-state index in [1.807, 2.05) is 0 Å². The summed E-state index contributed by atoms with van der Waals surface area (Å²) in [6, 6.07) is 6.74. The molecule has 3 rings (SSSR count). The Balaban J connectivity index is 2.35. The second-order valence-electron chi connectivity index (χ2n) is 5.01. The summed E-state index contributed by atoms with van der Waals surface area (Å²) >= 11 is 0. The minimum atomic E-state index is -4.97. The molecule has 0 aliphatic heterocycles. The normalized spacial score (nSPS) is 12.3. The number of aromatic nitrogens is 4. The van der Waals surface area contributed by atoms with Crippen molar-refractivity contribution in [2.45, 2.75) is 19.5 Å². The lowest BCUT2D eigenvalue weighted by Gasteiger charge is -2.08. The molecule has 0 saturated carbocycles. The number of halogens is 5. The van der Waals surface area contributed by atoms with Crippen molar-refractivity contribution in [3.05, 3.63) is 41.3 Å². The van der Waals surface area contributed by atoms with Crippen LogP contribution >= 0.6 is 0 Å². The van der Waals surface area contributed by atoms with Gasteiger partial charge < -0.3 is 5.73 Å². The maximum atomic E-state index is 13.2. The van der Waals surface area contributed by atoms with Crippen molar-refractivity contribution in [3.63, 3.8) is 0 Å². The third-order valence-corrected chi connectivity index (χ3v) is 3.40. The highest BCUT2D eigenvalue weighted by Crippen LogP contribution is 2.35. The Morgan fingerprint density at radius 3 is 2.38 bits per heavy atom. The van der Waals surface area contributed by atoms with Gasteiger partial charge in [0.1, 0.15) is 11.5 Å². The fraction of sp³-hybridized carbons (Fsp3) is 0.214. The van der Waals surface area contributed by atoms with Crippen molar-refractivity contribution < 1.29 is 22.0 Å². The van der Waals surface area contributed by atoms with Crippen LogP contribution in [0.4, 0.5) is 27.8 Å². The number of para-hydroxylation sites is 1. The van der Waals surface area contributed by atoms with Gasteiger partial charge in [-0.05, 0) is 18.6 Å². The average Bonchev–Trinajstić information content (AvgIpc) is 2.83. The van der Waals surface area contributed by atoms with E-state index in [0.717, 1.165) is 4.68 Å². The highest BCUT2D eigenvalue weighted by Gasteiger charge is 2.37. The van der Waals surface area contributed by atoms with E-state index in [4.69, 9.17) is 5.73 Å². The molecule has 5 nitrogen and oxygen atoms in total. The molecule has 10 heteroatoms. The average molecular weight is 343 g/mol. The zero-order valence-electron chi connectivity index (χ0n) is 12.1. The Kier molecular flexibility index (Phi) is 3.61. The maximum Gasteiger partial charge on any atom is 0.451 e. The minimum Gasteiger partial charge on any atom is -0.383 e. The number of alkyl halides is 5. The van der Waals surface area contributed by atoms with Gasteiger partial charge in [-0.15, -0.1) is 5.10 Å². The van der Waals surface area contributed by atoms with E-state index in [1.165, 1.54) is 0 Å². The van der Waals surface area contributed by atoms with E-state index in [2.05, 4.69) is 15.1 Å². The number of nitrogens with two attached hydrogens (primary N) is 1. The summed E-state index contributed by atoms with van der Waals surface area (Å²) in [5.41, 5.74) is 5.37. The van der Waals surface area contributed by atoms with Gasteiger partial charge in [0, 0.05) is 0 Å². The van der Waals surface area contributed by atoms with E-state index >= 15 is 0 Å². The lowest BCUT2D eigenvalue weighted by molar-refractivity contribution is -0.145. The number of hydrogen-bond donors (Lipinski definition) is 1. The molecule has 0 saturated heterocycles. The molecule has 0 atom stereocenters. The molecule has 2 heterocycles. The van der Waals surface area contributed by atoms with Gasteiger partial charge in [-0.1, -0.05) is 18.2 Å². The third-order valence-electron chi connectivity index (χ3n) is 3.40. The molecule has 2 N–H and O–H groups in total. The van der Waals surface area contributed by atoms with Crippen molar-refractivity contribution >= 4 is 16.9 Å². The number of nitrogen functional groups attached to an aromatic ring is 1. The van der Waals surface area contributed by atoms with E-state index < -0.39 is 29.8 Å². The highest BCUT2D eigenvalue weighted by atomic mass is 19.4. The first-order valence-electron chi connectivity index (χ1n) is 6.67. The quantitative estimate of drug-likeness (QED) is 0.721. The molecular weight excluding hydrogens is 333 g/mol. The zero-order valence-corrected chi connectivity index (χ0v) is 12.1. The summed E-state index contributed by atoms with van der Waals surface area (Å²) in [6.07, 6.45) is -8.23. The molecule has 0 aliphatic rings. The molecule has 0 aliphatic carbocycles. The van der Waals surface area contributed by atoms with Crippen LogP contribution in [-0.4, -0.2) is 19.7 Å². The molecular formula is C14H10F5N5. The van der Waals surface area contributed by atoms with Crippen molar-refractivity contribution in [2.24, 2.45) is 0 Å². The van der Waals surface area contributed by atoms with Gasteiger partial charge in [-0.25, -0.2) is 23.4 Å². The third kappa shape index (κ3) is 2.53. The topological polar surface area (TPSA) is 69.6 Å². The summed E-state index contributed by atoms with van der Waals surface area (Å²) in [7, 11) is 0. The first-order valence-corrected chi connectivity index (χ1v) is 6.67. The summed E-state index contributed by atoms with van der Waals surface area (Å²) in [4.78, 5) is 6.19. The Morgan fingerprint density at radius 1 is 1.12 bits per heavy atom. The standard InChI is InChI=1S/C14H10F5N5/c1-6-4-2-3-5-7(6)24-11(20)8-9(10(15)16)21-13(14(17,18)19)22-12(8)23-24/h2-5,10H,20H2,1H3. The van der Waals surface area contributed by atoms with E-state index in [0.29, 0.717) is 11.3 Å². The number of benzene rings is 1. The van der Waals surface area contributed by atoms with Gasteiger partial charge >= 0.3 is 6.18 Å². The van der Waals surface area contributed by atoms with Crippen LogP contribution in [0, 0.1) is 6.92 Å². The van der Waals surface area contributed by atoms with E-state index in [-0.39, 0.29) is 11.2 Å². The van der Waals surface area contributed by atoms with Crippen LogP contribution in [0.2, 0.25) is 0 Å². The Bertz CT molecular complexity index is 916. The molecule has 0 spiro atoms. The highest BCUT2D eigenvalue weighted by molar-refractivity contribution is 5.89. The van der Waals surface area contributed by atoms with Gasteiger partial charge in [0.05, 0.1) is 11.1 Å². The molecule has 3 aromatic rings. The minimum absolute atomic E-state index is 0.247. The van der Waals surface area contributed by atoms with Gasteiger partial charge in [0.15, 0.2) is 5.65 Å². The van der Waals surface area contributed by atoms with Crippen molar-refractivity contribution in [1.82, 2.24) is 19.7 Å². The summed E-state index contributed by atoms with van der Waals surface area (Å²) < 4.78 is 65.9. The number of anilines is 1. The Morgan fingerprint density at radius 2 is 1.79 bits per heavy atom. The van der Waals surface area contributed by atoms with Gasteiger partial charge in [0.2, 0.25) is 5.82 Å². The molecule has 0 unspecified atom stereocenters. The number of hydrogen-bond acceptors (Lipinski definition) is 4. The molecule has 0 amide bonds. The first kappa shape index (κ1) is 16.1. The van der Waals surface area contributed by atoms with Crippen LogP contribution in [0.25, 0.3) is 16.7 Å². The molecule has 2 aromatic heterocycles. The number of fused-ring (bicyclic) bond motifs is 1. The zero-order chi connectivity index (χ0) is 17.6. The second-order valence-corrected chi connectivity index (χ2v) is 5.01. The summed E-state index contributed by atoms with van der Waals surface area (Å²) in [5.74, 6) is -1.93. The van der Waals surface area contributed by atoms with Crippen LogP contribution in [0.3, 0.4) is 0 Å². The van der Waals surface area contributed by atoms with Crippen LogP contribution in [-0.2, 0) is 6.18 Å². The molecule has 0 fully saturated rings. The van der Waals surface area contributed by atoms with Crippen molar-refractivity contribution in [3.8, 4) is 5.69 Å². The predicted molar refractivity (Wildman–Crippen MR) is 75.8 cm³/mol. The van der Waals surface area contributed by atoms with Gasteiger partial charge in [0.25, 0.3) is 6.43 Å². The molecule has 126 valence electrons. The van der Waals surface area contributed by atoms with Crippen molar-refractivity contribution in [1.29, 1.82) is 0 Å². The fourth-order valence-corrected chi connectivity index (χ4v) is 2.31. The SMILES string of the molecule is Cc1ccccc1-n1nc2nc(C(F)(F)F)nc(C(F)F)c2c1N. The van der Waals surface area contributed by atoms with Crippen LogP contribution in [0.1, 0.15) is 23.5 Å². The van der Waals surface area contributed by atoms with Crippen LogP contribution in [0.15, 0.2) is 24.3 Å². The largest absolute Gasteiger partial charge is 0.451 e. The van der Waals surface area contributed by atoms with Gasteiger partial charge in [-0.3, -0.25) is 0 Å². The number of rotatable bonds is 2. The second kappa shape index (κ2) is 5.39. The van der Waals surface area contributed by atoms with Crippen molar-refractivity contribution in [2.75, 3.05) is 5.73 Å². The van der Waals surface area contributed by atoms with E-state index in [1.54, 1.807) is 31.2 Å². The van der Waals surface area contributed by atoms with E-state index in [9.17, 15) is 22.0 Å². The van der Waals surface area contributed by atoms with Gasteiger partial charge in [-0.2, -0.15) is 13.2 Å². The molecule has 24 heavy (non-hydrogen) atoms. The smallest absolute Gasteiger partial charge is 0.383 e. The first-order chi connectivity index (χ1) is 11.2. The lowest BCUT2D eigenvalue weighted by atomic mass is 10.2. The molecule has 0 bridgehead atoms. The van der Waals surface area contributed by atoms with Crippen LogP contribution in [0.5, 0.6) is 0 Å². The van der Waals surface area contributed by atoms with Crippen LogP contribution < -0.4 is 5.73 Å². The lowest BCUT2D eigenvalue weighted by Crippen LogP contribution is -2.13.